The molecular formula is C25H19F4N3O4S. The van der Waals surface area contributed by atoms with Crippen LogP contribution in [0.15, 0.2) is 35.4 Å². The van der Waals surface area contributed by atoms with E-state index in [0.717, 1.165) is 30.5 Å². The number of hydrogen-bond donors (Lipinski definition) is 2. The number of nitrogens with zero attached hydrogens (tertiary/aromatic N) is 2. The summed E-state index contributed by atoms with van der Waals surface area (Å²) < 4.78 is 86.1. The van der Waals surface area contributed by atoms with Crippen LogP contribution in [0.5, 0.6) is 0 Å². The van der Waals surface area contributed by atoms with Crippen LogP contribution in [0.1, 0.15) is 53.0 Å². The second kappa shape index (κ2) is 9.03. The van der Waals surface area contributed by atoms with Crippen LogP contribution in [0.4, 0.5) is 17.6 Å². The monoisotopic (exact) mass is 533 g/mol. The van der Waals surface area contributed by atoms with Crippen molar-refractivity contribution in [2.45, 2.75) is 42.9 Å². The van der Waals surface area contributed by atoms with E-state index in [4.69, 9.17) is 0 Å². The number of halogens is 4. The molecule has 1 atom stereocenters. The molecule has 0 fully saturated rings. The third kappa shape index (κ3) is 4.09. The van der Waals surface area contributed by atoms with Gasteiger partial charge in [-0.15, -0.1) is 0 Å². The Hall–Kier alpha value is -3.64. The van der Waals surface area contributed by atoms with Gasteiger partial charge in [-0.05, 0) is 42.2 Å². The fraction of sp³-hybridized carbons (Fsp3) is 0.240. The summed E-state index contributed by atoms with van der Waals surface area (Å²) in [5, 5.41) is 16.2. The van der Waals surface area contributed by atoms with E-state index < -0.39 is 61.8 Å². The summed E-state index contributed by atoms with van der Waals surface area (Å²) in [6.45, 7) is 1.59. The molecule has 2 heterocycles. The number of ketones is 1. The van der Waals surface area contributed by atoms with Crippen molar-refractivity contribution in [1.29, 1.82) is 0 Å². The van der Waals surface area contributed by atoms with E-state index in [9.17, 15) is 27.1 Å². The molecule has 192 valence electrons. The summed E-state index contributed by atoms with van der Waals surface area (Å²) in [6, 6.07) is 3.55. The van der Waals surface area contributed by atoms with E-state index in [-0.39, 0.29) is 57.7 Å². The number of aliphatic hydroxyl groups excluding tert-OH is 1. The zero-order chi connectivity index (χ0) is 26.6. The molecule has 0 bridgehead atoms. The molecule has 0 amide bonds. The van der Waals surface area contributed by atoms with Crippen molar-refractivity contribution in [2.24, 2.45) is 0 Å². The fourth-order valence-corrected chi connectivity index (χ4v) is 6.30. The molecule has 5 rings (SSSR count). The predicted octanol–water partition coefficient (Wildman–Crippen LogP) is 4.73. The van der Waals surface area contributed by atoms with Gasteiger partial charge in [-0.3, -0.25) is 14.9 Å². The van der Waals surface area contributed by atoms with Crippen molar-refractivity contribution in [3.63, 3.8) is 0 Å². The number of aromatic nitrogens is 3. The highest BCUT2D eigenvalue weighted by Gasteiger charge is 2.31. The molecule has 37 heavy (non-hydrogen) atoms. The zero-order valence-corrected chi connectivity index (χ0v) is 20.1. The molecule has 1 unspecified atom stereocenters. The number of H-pyrrole nitrogens is 1. The molecule has 2 aromatic heterocycles. The van der Waals surface area contributed by atoms with Gasteiger partial charge in [0.1, 0.15) is 34.4 Å². The summed E-state index contributed by atoms with van der Waals surface area (Å²) in [5.74, 6) is -5.96. The summed E-state index contributed by atoms with van der Waals surface area (Å²) in [5.41, 5.74) is -2.10. The van der Waals surface area contributed by atoms with E-state index in [2.05, 4.69) is 15.2 Å². The maximum atomic E-state index is 15.5. The number of nitrogens with one attached hydrogen (secondary N) is 1. The Morgan fingerprint density at radius 1 is 1.16 bits per heavy atom. The lowest BCUT2D eigenvalue weighted by atomic mass is 10.0. The molecule has 0 radical (unpaired) electrons. The maximum Gasteiger partial charge on any atom is 0.183 e. The predicted molar refractivity (Wildman–Crippen MR) is 124 cm³/mol. The van der Waals surface area contributed by atoms with Crippen LogP contribution >= 0.6 is 0 Å². The Bertz CT molecular complexity index is 1700. The highest BCUT2D eigenvalue weighted by atomic mass is 32.2. The molecular weight excluding hydrogens is 514 g/mol. The average molecular weight is 534 g/mol. The van der Waals surface area contributed by atoms with E-state index in [1.807, 2.05) is 0 Å². The van der Waals surface area contributed by atoms with Crippen molar-refractivity contribution in [1.82, 2.24) is 15.2 Å². The van der Waals surface area contributed by atoms with Gasteiger partial charge in [0.25, 0.3) is 0 Å². The number of aliphatic hydroxyl groups is 1. The van der Waals surface area contributed by atoms with Crippen LogP contribution in [0.3, 0.4) is 0 Å². The Kier molecular flexibility index (Phi) is 6.11. The summed E-state index contributed by atoms with van der Waals surface area (Å²) in [6.07, 6.45) is 0.539. The standard InChI is InChI=1S/C25H19F4N3O4S/c1-2-17(33)23-15-9-30-25(22(29)24(15)32-31-23)20-16(27)5-3-11(21(20)28)10-37(35,36)19-8-12(26)7-14-13(19)4-6-18(14)34/h3,5,7-9,18,34H,2,4,6,10H2,1H3,(H,31,32). The Balaban J connectivity index is 1.59. The number of carbonyl (C=O) groups is 1. The van der Waals surface area contributed by atoms with Gasteiger partial charge in [-0.25, -0.2) is 26.0 Å². The molecule has 7 nitrogen and oxygen atoms in total. The van der Waals surface area contributed by atoms with Crippen LogP contribution in [-0.4, -0.2) is 34.5 Å². The number of hydrogen-bond acceptors (Lipinski definition) is 6. The van der Waals surface area contributed by atoms with Crippen LogP contribution < -0.4 is 0 Å². The zero-order valence-electron chi connectivity index (χ0n) is 19.3. The van der Waals surface area contributed by atoms with Crippen LogP contribution in [0, 0.1) is 23.3 Å². The minimum absolute atomic E-state index is 0.00369. The minimum Gasteiger partial charge on any atom is -0.388 e. The SMILES string of the molecule is CCC(=O)c1[nH]nc2c(F)c(-c3c(F)ccc(CS(=O)(=O)c4cc(F)cc5c4CCC5O)c3F)ncc12. The number of benzene rings is 2. The molecule has 1 aliphatic carbocycles. The second-order valence-corrected chi connectivity index (χ2v) is 10.7. The first kappa shape index (κ1) is 25.0. The van der Waals surface area contributed by atoms with Gasteiger partial charge in [0.05, 0.1) is 27.7 Å². The van der Waals surface area contributed by atoms with Crippen molar-refractivity contribution in [3.8, 4) is 11.3 Å². The van der Waals surface area contributed by atoms with E-state index >= 15 is 8.78 Å². The highest BCUT2D eigenvalue weighted by molar-refractivity contribution is 7.90. The van der Waals surface area contributed by atoms with Crippen molar-refractivity contribution >= 4 is 26.5 Å². The Labute approximate surface area is 208 Å². The number of rotatable bonds is 6. The van der Waals surface area contributed by atoms with Crippen molar-refractivity contribution < 1.29 is 35.9 Å². The average Bonchev–Trinajstić information content (AvgIpc) is 3.45. The van der Waals surface area contributed by atoms with Gasteiger partial charge in [-0.2, -0.15) is 5.10 Å². The summed E-state index contributed by atoms with van der Waals surface area (Å²) >= 11 is 0. The topological polar surface area (TPSA) is 113 Å². The van der Waals surface area contributed by atoms with E-state index in [1.54, 1.807) is 6.92 Å². The third-order valence-corrected chi connectivity index (χ3v) is 8.19. The smallest absolute Gasteiger partial charge is 0.183 e. The lowest BCUT2D eigenvalue weighted by Crippen LogP contribution is -2.11. The van der Waals surface area contributed by atoms with Gasteiger partial charge in [0.2, 0.25) is 0 Å². The van der Waals surface area contributed by atoms with Gasteiger partial charge >= 0.3 is 0 Å². The molecule has 2 N–H and O–H groups in total. The molecule has 0 aliphatic heterocycles. The largest absolute Gasteiger partial charge is 0.388 e. The number of carbonyl (C=O) groups excluding carboxylic acids is 1. The first-order valence-electron chi connectivity index (χ1n) is 11.3. The van der Waals surface area contributed by atoms with Gasteiger partial charge in [-0.1, -0.05) is 13.0 Å². The van der Waals surface area contributed by atoms with E-state index in [0.29, 0.717) is 0 Å². The molecule has 12 heteroatoms. The molecule has 1 aliphatic rings. The lowest BCUT2D eigenvalue weighted by Gasteiger charge is -2.13. The Morgan fingerprint density at radius 3 is 2.65 bits per heavy atom. The van der Waals surface area contributed by atoms with Gasteiger partial charge in [0, 0.05) is 18.2 Å². The molecule has 0 spiro atoms. The van der Waals surface area contributed by atoms with E-state index in [1.165, 1.54) is 0 Å². The fourth-order valence-electron chi connectivity index (χ4n) is 4.62. The Morgan fingerprint density at radius 2 is 1.92 bits per heavy atom. The lowest BCUT2D eigenvalue weighted by molar-refractivity contribution is 0.0985. The molecule has 0 saturated heterocycles. The number of fused-ring (bicyclic) bond motifs is 2. The first-order valence-corrected chi connectivity index (χ1v) is 12.9. The van der Waals surface area contributed by atoms with Crippen molar-refractivity contribution in [2.75, 3.05) is 0 Å². The second-order valence-electron chi connectivity index (χ2n) is 8.74. The first-order chi connectivity index (χ1) is 17.5. The van der Waals surface area contributed by atoms with Crippen LogP contribution in [0.2, 0.25) is 0 Å². The normalized spacial score (nSPS) is 15.4. The summed E-state index contributed by atoms with van der Waals surface area (Å²) in [4.78, 5) is 15.5. The number of aromatic amines is 1. The van der Waals surface area contributed by atoms with Gasteiger partial charge < -0.3 is 5.11 Å². The molecule has 0 saturated carbocycles. The molecule has 4 aromatic rings. The van der Waals surface area contributed by atoms with Crippen LogP contribution in [-0.2, 0) is 22.0 Å². The quantitative estimate of drug-likeness (QED) is 0.274. The highest BCUT2D eigenvalue weighted by Crippen LogP contribution is 2.38. The summed E-state index contributed by atoms with van der Waals surface area (Å²) in [7, 11) is -4.36. The number of sulfone groups is 1. The third-order valence-electron chi connectivity index (χ3n) is 6.47. The molecule has 2 aromatic carbocycles. The van der Waals surface area contributed by atoms with Crippen LogP contribution in [0.25, 0.3) is 22.2 Å². The van der Waals surface area contributed by atoms with Gasteiger partial charge in [0.15, 0.2) is 21.4 Å². The maximum absolute atomic E-state index is 15.5. The number of pyridine rings is 1. The van der Waals surface area contributed by atoms with Crippen molar-refractivity contribution in [3.05, 3.63) is 76.1 Å². The minimum atomic E-state index is -4.36. The number of Topliss-reactive ketones (excluding diaryl/α,β-unsaturated/α-hetero) is 1.